The van der Waals surface area contributed by atoms with E-state index in [4.69, 9.17) is 4.74 Å². The van der Waals surface area contributed by atoms with Crippen LogP contribution in [0.4, 0.5) is 4.39 Å². The SMILES string of the molecule is CC(CNC1CC1)Oc1ccc(Br)cc1F. The van der Waals surface area contributed by atoms with E-state index in [0.717, 1.165) is 11.0 Å². The van der Waals surface area contributed by atoms with Gasteiger partial charge in [-0.3, -0.25) is 0 Å². The van der Waals surface area contributed by atoms with Crippen molar-refractivity contribution in [3.05, 3.63) is 28.5 Å². The second kappa shape index (κ2) is 5.15. The van der Waals surface area contributed by atoms with E-state index in [2.05, 4.69) is 21.2 Å². The molecule has 0 aromatic heterocycles. The second-order valence-corrected chi connectivity index (χ2v) is 5.10. The molecule has 0 spiro atoms. The Bertz CT molecular complexity index is 368. The number of benzene rings is 1. The molecule has 1 unspecified atom stereocenters. The van der Waals surface area contributed by atoms with Crippen LogP contribution < -0.4 is 10.1 Å². The van der Waals surface area contributed by atoms with Crippen molar-refractivity contribution in [2.24, 2.45) is 0 Å². The van der Waals surface area contributed by atoms with Gasteiger partial charge in [0.25, 0.3) is 0 Å². The fraction of sp³-hybridized carbons (Fsp3) is 0.500. The molecule has 2 nitrogen and oxygen atoms in total. The number of hydrogen-bond donors (Lipinski definition) is 1. The molecular weight excluding hydrogens is 273 g/mol. The summed E-state index contributed by atoms with van der Waals surface area (Å²) in [6, 6.07) is 5.49. The smallest absolute Gasteiger partial charge is 0.166 e. The van der Waals surface area contributed by atoms with E-state index < -0.39 is 0 Å². The summed E-state index contributed by atoms with van der Waals surface area (Å²) in [6.07, 6.45) is 2.48. The number of rotatable bonds is 5. The highest BCUT2D eigenvalue weighted by Crippen LogP contribution is 2.23. The summed E-state index contributed by atoms with van der Waals surface area (Å²) < 4.78 is 19.7. The number of ether oxygens (including phenoxy) is 1. The lowest BCUT2D eigenvalue weighted by molar-refractivity contribution is 0.207. The van der Waals surface area contributed by atoms with Crippen LogP contribution in [0.15, 0.2) is 22.7 Å². The zero-order valence-corrected chi connectivity index (χ0v) is 10.8. The van der Waals surface area contributed by atoms with Gasteiger partial charge >= 0.3 is 0 Å². The van der Waals surface area contributed by atoms with Crippen molar-refractivity contribution in [2.45, 2.75) is 31.9 Å². The Morgan fingerprint density at radius 1 is 1.56 bits per heavy atom. The van der Waals surface area contributed by atoms with Crippen LogP contribution >= 0.6 is 15.9 Å². The van der Waals surface area contributed by atoms with Crippen molar-refractivity contribution in [1.82, 2.24) is 5.32 Å². The van der Waals surface area contributed by atoms with E-state index in [1.165, 1.54) is 18.9 Å². The summed E-state index contributed by atoms with van der Waals surface area (Å²) >= 11 is 3.21. The first-order valence-corrected chi connectivity index (χ1v) is 6.29. The summed E-state index contributed by atoms with van der Waals surface area (Å²) in [5, 5.41) is 3.35. The van der Waals surface area contributed by atoms with Crippen LogP contribution in [0.3, 0.4) is 0 Å². The minimum Gasteiger partial charge on any atom is -0.486 e. The van der Waals surface area contributed by atoms with Gasteiger partial charge in [0, 0.05) is 17.1 Å². The number of hydrogen-bond acceptors (Lipinski definition) is 2. The van der Waals surface area contributed by atoms with Crippen molar-refractivity contribution in [2.75, 3.05) is 6.54 Å². The van der Waals surface area contributed by atoms with Gasteiger partial charge in [-0.15, -0.1) is 0 Å². The van der Waals surface area contributed by atoms with Gasteiger partial charge in [-0.05, 0) is 38.0 Å². The molecule has 88 valence electrons. The van der Waals surface area contributed by atoms with Gasteiger partial charge in [0.05, 0.1) is 0 Å². The first-order chi connectivity index (χ1) is 7.65. The number of halogens is 2. The highest BCUT2D eigenvalue weighted by Gasteiger charge is 2.21. The summed E-state index contributed by atoms with van der Waals surface area (Å²) in [7, 11) is 0. The van der Waals surface area contributed by atoms with Crippen LogP contribution in [-0.4, -0.2) is 18.7 Å². The van der Waals surface area contributed by atoms with Gasteiger partial charge in [-0.25, -0.2) is 4.39 Å². The average molecular weight is 288 g/mol. The third kappa shape index (κ3) is 3.46. The summed E-state index contributed by atoms with van der Waals surface area (Å²) in [6.45, 7) is 2.71. The van der Waals surface area contributed by atoms with Crippen LogP contribution in [0.5, 0.6) is 5.75 Å². The van der Waals surface area contributed by atoms with E-state index in [1.54, 1.807) is 12.1 Å². The molecule has 0 aliphatic heterocycles. The lowest BCUT2D eigenvalue weighted by Gasteiger charge is -2.15. The van der Waals surface area contributed by atoms with E-state index in [0.29, 0.717) is 11.8 Å². The van der Waals surface area contributed by atoms with E-state index >= 15 is 0 Å². The zero-order chi connectivity index (χ0) is 11.5. The van der Waals surface area contributed by atoms with Gasteiger partial charge in [0.15, 0.2) is 11.6 Å². The third-order valence-corrected chi connectivity index (χ3v) is 2.99. The highest BCUT2D eigenvalue weighted by molar-refractivity contribution is 9.10. The van der Waals surface area contributed by atoms with Crippen LogP contribution in [0, 0.1) is 5.82 Å². The molecule has 1 N–H and O–H groups in total. The molecule has 0 amide bonds. The van der Waals surface area contributed by atoms with Crippen molar-refractivity contribution in [3.63, 3.8) is 0 Å². The molecule has 1 atom stereocenters. The Kier molecular flexibility index (Phi) is 3.82. The molecular formula is C12H15BrFNO. The molecule has 2 rings (SSSR count). The molecule has 0 radical (unpaired) electrons. The summed E-state index contributed by atoms with van der Waals surface area (Å²) in [5.41, 5.74) is 0. The predicted octanol–water partition coefficient (Wildman–Crippen LogP) is 3.11. The summed E-state index contributed by atoms with van der Waals surface area (Å²) in [4.78, 5) is 0. The maximum Gasteiger partial charge on any atom is 0.166 e. The van der Waals surface area contributed by atoms with Crippen LogP contribution in [0.2, 0.25) is 0 Å². The van der Waals surface area contributed by atoms with Crippen LogP contribution in [-0.2, 0) is 0 Å². The van der Waals surface area contributed by atoms with Gasteiger partial charge in [-0.2, -0.15) is 0 Å². The lowest BCUT2D eigenvalue weighted by Crippen LogP contribution is -2.30. The molecule has 4 heteroatoms. The first kappa shape index (κ1) is 11.9. The molecule has 0 saturated heterocycles. The van der Waals surface area contributed by atoms with E-state index in [1.807, 2.05) is 6.92 Å². The third-order valence-electron chi connectivity index (χ3n) is 2.49. The largest absolute Gasteiger partial charge is 0.486 e. The molecule has 0 heterocycles. The lowest BCUT2D eigenvalue weighted by atomic mass is 10.3. The van der Waals surface area contributed by atoms with Crippen molar-refractivity contribution >= 4 is 15.9 Å². The molecule has 1 aliphatic carbocycles. The highest BCUT2D eigenvalue weighted by atomic mass is 79.9. The maximum atomic E-state index is 13.4. The van der Waals surface area contributed by atoms with Gasteiger partial charge in [0.1, 0.15) is 6.10 Å². The predicted molar refractivity (Wildman–Crippen MR) is 65.2 cm³/mol. The van der Waals surface area contributed by atoms with Crippen LogP contribution in [0.1, 0.15) is 19.8 Å². The molecule has 16 heavy (non-hydrogen) atoms. The molecule has 1 saturated carbocycles. The normalized spacial score (nSPS) is 17.2. The molecule has 1 fully saturated rings. The zero-order valence-electron chi connectivity index (χ0n) is 9.17. The minimum atomic E-state index is -0.326. The Balaban J connectivity index is 1.86. The average Bonchev–Trinajstić information content (AvgIpc) is 3.03. The molecule has 1 aliphatic rings. The molecule has 0 bridgehead atoms. The van der Waals surface area contributed by atoms with Crippen LogP contribution in [0.25, 0.3) is 0 Å². The van der Waals surface area contributed by atoms with Gasteiger partial charge < -0.3 is 10.1 Å². The number of nitrogens with one attached hydrogen (secondary N) is 1. The Labute approximate surface area is 103 Å². The second-order valence-electron chi connectivity index (χ2n) is 4.19. The first-order valence-electron chi connectivity index (χ1n) is 5.50. The minimum absolute atomic E-state index is 0.0173. The van der Waals surface area contributed by atoms with Gasteiger partial charge in [0.2, 0.25) is 0 Å². The van der Waals surface area contributed by atoms with Gasteiger partial charge in [-0.1, -0.05) is 15.9 Å². The monoisotopic (exact) mass is 287 g/mol. The Morgan fingerprint density at radius 3 is 2.94 bits per heavy atom. The Morgan fingerprint density at radius 2 is 2.31 bits per heavy atom. The van der Waals surface area contributed by atoms with E-state index in [-0.39, 0.29) is 11.9 Å². The topological polar surface area (TPSA) is 21.3 Å². The Hall–Kier alpha value is -0.610. The van der Waals surface area contributed by atoms with E-state index in [9.17, 15) is 4.39 Å². The summed E-state index contributed by atoms with van der Waals surface area (Å²) in [5.74, 6) is -0.0130. The fourth-order valence-corrected chi connectivity index (χ4v) is 1.78. The quantitative estimate of drug-likeness (QED) is 0.899. The fourth-order valence-electron chi connectivity index (χ4n) is 1.45. The molecule has 1 aromatic carbocycles. The van der Waals surface area contributed by atoms with Crippen molar-refractivity contribution in [3.8, 4) is 5.75 Å². The molecule has 1 aromatic rings. The van der Waals surface area contributed by atoms with Crippen molar-refractivity contribution < 1.29 is 9.13 Å². The standard InChI is InChI=1S/C12H15BrFNO/c1-8(7-15-10-3-4-10)16-12-5-2-9(13)6-11(12)14/h2,5-6,8,10,15H,3-4,7H2,1H3. The van der Waals surface area contributed by atoms with Crippen molar-refractivity contribution in [1.29, 1.82) is 0 Å². The maximum absolute atomic E-state index is 13.4.